The molecule has 0 aliphatic carbocycles. The molecule has 0 radical (unpaired) electrons. The van der Waals surface area contributed by atoms with Crippen molar-refractivity contribution in [1.82, 2.24) is 14.7 Å². The first-order valence-corrected chi connectivity index (χ1v) is 11.0. The number of benzene rings is 2. The number of rotatable bonds is 4. The van der Waals surface area contributed by atoms with Crippen LogP contribution >= 0.6 is 0 Å². The molecular formula is C25H30N4O3. The Bertz CT molecular complexity index is 996. The minimum absolute atomic E-state index is 0.00352. The number of amides is 3. The number of aryl methyl sites for hydroxylation is 1. The second-order valence-corrected chi connectivity index (χ2v) is 8.89. The van der Waals surface area contributed by atoms with E-state index < -0.39 is 5.54 Å². The third-order valence-corrected chi connectivity index (χ3v) is 6.58. The van der Waals surface area contributed by atoms with Gasteiger partial charge in [-0.25, -0.2) is 0 Å². The zero-order valence-corrected chi connectivity index (χ0v) is 19.0. The van der Waals surface area contributed by atoms with Gasteiger partial charge in [-0.3, -0.25) is 14.4 Å². The summed E-state index contributed by atoms with van der Waals surface area (Å²) < 4.78 is 0. The fraction of sp³-hybridized carbons (Fsp3) is 0.400. The average molecular weight is 435 g/mol. The van der Waals surface area contributed by atoms with Crippen molar-refractivity contribution in [3.05, 3.63) is 65.7 Å². The Morgan fingerprint density at radius 3 is 2.19 bits per heavy atom. The van der Waals surface area contributed by atoms with Gasteiger partial charge >= 0.3 is 0 Å². The van der Waals surface area contributed by atoms with Crippen LogP contribution in [0.2, 0.25) is 0 Å². The molecule has 2 heterocycles. The summed E-state index contributed by atoms with van der Waals surface area (Å²) in [5.41, 5.74) is 2.00. The normalized spacial score (nSPS) is 17.7. The molecule has 4 rings (SSSR count). The Labute approximate surface area is 189 Å². The first-order valence-electron chi connectivity index (χ1n) is 11.0. The number of carbonyl (C=O) groups is 3. The maximum absolute atomic E-state index is 13.6. The lowest BCUT2D eigenvalue weighted by molar-refractivity contribution is -0.139. The number of para-hydroxylation sites is 1. The van der Waals surface area contributed by atoms with Crippen LogP contribution < -0.4 is 4.90 Å². The summed E-state index contributed by atoms with van der Waals surface area (Å²) in [4.78, 5) is 46.1. The molecule has 0 atom stereocenters. The van der Waals surface area contributed by atoms with Gasteiger partial charge in [-0.1, -0.05) is 35.9 Å². The van der Waals surface area contributed by atoms with Crippen molar-refractivity contribution in [2.24, 2.45) is 0 Å². The summed E-state index contributed by atoms with van der Waals surface area (Å²) in [6.45, 7) is 3.42. The average Bonchev–Trinajstić information content (AvgIpc) is 3.06. The van der Waals surface area contributed by atoms with E-state index in [-0.39, 0.29) is 24.3 Å². The van der Waals surface area contributed by atoms with Gasteiger partial charge in [0, 0.05) is 38.4 Å². The van der Waals surface area contributed by atoms with E-state index in [1.165, 1.54) is 4.90 Å². The van der Waals surface area contributed by atoms with Crippen molar-refractivity contribution in [2.45, 2.75) is 25.3 Å². The number of hydrogen-bond acceptors (Lipinski definition) is 4. The molecule has 0 unspecified atom stereocenters. The summed E-state index contributed by atoms with van der Waals surface area (Å²) in [7, 11) is 3.39. The van der Waals surface area contributed by atoms with Gasteiger partial charge in [-0.05, 0) is 44.0 Å². The fourth-order valence-corrected chi connectivity index (χ4v) is 4.59. The molecule has 0 bridgehead atoms. The van der Waals surface area contributed by atoms with Gasteiger partial charge in [0.25, 0.3) is 11.8 Å². The molecule has 7 heteroatoms. The minimum atomic E-state index is -0.738. The van der Waals surface area contributed by atoms with Crippen LogP contribution in [0.1, 0.15) is 28.8 Å². The van der Waals surface area contributed by atoms with Crippen LogP contribution in [-0.2, 0) is 9.59 Å². The Kier molecular flexibility index (Phi) is 5.91. The monoisotopic (exact) mass is 434 g/mol. The van der Waals surface area contributed by atoms with Gasteiger partial charge in [0.1, 0.15) is 12.1 Å². The smallest absolute Gasteiger partial charge is 0.253 e. The molecule has 2 aromatic carbocycles. The maximum Gasteiger partial charge on any atom is 0.253 e. The molecule has 32 heavy (non-hydrogen) atoms. The molecule has 2 saturated heterocycles. The third kappa shape index (κ3) is 3.95. The molecule has 7 nitrogen and oxygen atoms in total. The number of hydrogen-bond donors (Lipinski definition) is 0. The second kappa shape index (κ2) is 8.65. The Morgan fingerprint density at radius 1 is 0.969 bits per heavy atom. The van der Waals surface area contributed by atoms with Gasteiger partial charge in [0.2, 0.25) is 5.91 Å². The molecule has 168 valence electrons. The molecule has 3 amide bonds. The quantitative estimate of drug-likeness (QED) is 0.741. The van der Waals surface area contributed by atoms with E-state index in [0.717, 1.165) is 11.3 Å². The summed E-state index contributed by atoms with van der Waals surface area (Å²) in [5.74, 6) is -0.134. The number of likely N-dealkylation sites (N-methyl/N-ethyl adjacent to an activating group) is 1. The predicted octanol–water partition coefficient (Wildman–Crippen LogP) is 2.36. The van der Waals surface area contributed by atoms with E-state index in [9.17, 15) is 14.4 Å². The van der Waals surface area contributed by atoms with E-state index in [1.54, 1.807) is 19.0 Å². The molecular weight excluding hydrogens is 404 g/mol. The second-order valence-electron chi connectivity index (χ2n) is 8.89. The lowest BCUT2D eigenvalue weighted by Crippen LogP contribution is -2.57. The van der Waals surface area contributed by atoms with Crippen LogP contribution in [0, 0.1) is 6.92 Å². The number of carbonyl (C=O) groups excluding carboxylic acids is 3. The number of anilines is 1. The van der Waals surface area contributed by atoms with Gasteiger partial charge < -0.3 is 19.6 Å². The van der Waals surface area contributed by atoms with Crippen molar-refractivity contribution in [3.8, 4) is 0 Å². The molecule has 2 aliphatic rings. The highest BCUT2D eigenvalue weighted by Gasteiger charge is 2.54. The summed E-state index contributed by atoms with van der Waals surface area (Å²) >= 11 is 0. The summed E-state index contributed by atoms with van der Waals surface area (Å²) in [5, 5.41) is 0. The highest BCUT2D eigenvalue weighted by atomic mass is 16.2. The fourth-order valence-electron chi connectivity index (χ4n) is 4.59. The maximum atomic E-state index is 13.6. The van der Waals surface area contributed by atoms with E-state index in [0.29, 0.717) is 38.2 Å². The lowest BCUT2D eigenvalue weighted by atomic mass is 9.85. The first kappa shape index (κ1) is 21.9. The van der Waals surface area contributed by atoms with E-state index in [2.05, 4.69) is 4.90 Å². The van der Waals surface area contributed by atoms with Crippen molar-refractivity contribution in [2.75, 3.05) is 45.3 Å². The number of piperidine rings is 1. The van der Waals surface area contributed by atoms with Crippen LogP contribution in [-0.4, -0.2) is 78.4 Å². The zero-order chi connectivity index (χ0) is 22.9. The van der Waals surface area contributed by atoms with Gasteiger partial charge in [0.05, 0.1) is 6.67 Å². The Balaban J connectivity index is 1.56. The van der Waals surface area contributed by atoms with Crippen molar-refractivity contribution < 1.29 is 14.4 Å². The van der Waals surface area contributed by atoms with Crippen molar-refractivity contribution in [1.29, 1.82) is 0 Å². The van der Waals surface area contributed by atoms with E-state index in [4.69, 9.17) is 0 Å². The van der Waals surface area contributed by atoms with E-state index >= 15 is 0 Å². The Morgan fingerprint density at radius 2 is 1.59 bits per heavy atom. The molecule has 2 aliphatic heterocycles. The molecule has 0 saturated carbocycles. The standard InChI is InChI=1S/C25H30N4O3/c1-19-9-11-20(12-10-19)23(31)27-15-13-25(14-16-27)24(32)28(17-22(30)26(2)3)18-29(25)21-7-5-4-6-8-21/h4-12H,13-18H2,1-3H3. The number of likely N-dealkylation sites (tertiary alicyclic amines) is 1. The van der Waals surface area contributed by atoms with Crippen molar-refractivity contribution in [3.63, 3.8) is 0 Å². The highest BCUT2D eigenvalue weighted by molar-refractivity contribution is 5.97. The van der Waals surface area contributed by atoms with Crippen LogP contribution in [0.5, 0.6) is 0 Å². The molecule has 0 aromatic heterocycles. The van der Waals surface area contributed by atoms with Crippen molar-refractivity contribution >= 4 is 23.4 Å². The predicted molar refractivity (Wildman–Crippen MR) is 123 cm³/mol. The van der Waals surface area contributed by atoms with Crippen LogP contribution in [0.25, 0.3) is 0 Å². The van der Waals surface area contributed by atoms with Crippen LogP contribution in [0.3, 0.4) is 0 Å². The van der Waals surface area contributed by atoms with Crippen LogP contribution in [0.4, 0.5) is 5.69 Å². The first-order chi connectivity index (χ1) is 15.3. The topological polar surface area (TPSA) is 64.2 Å². The lowest BCUT2D eigenvalue weighted by Gasteiger charge is -2.43. The number of nitrogens with zero attached hydrogens (tertiary/aromatic N) is 4. The van der Waals surface area contributed by atoms with Crippen LogP contribution in [0.15, 0.2) is 54.6 Å². The summed E-state index contributed by atoms with van der Waals surface area (Å²) in [6.07, 6.45) is 1.07. The largest absolute Gasteiger partial charge is 0.347 e. The van der Waals surface area contributed by atoms with Gasteiger partial charge in [-0.2, -0.15) is 0 Å². The zero-order valence-electron chi connectivity index (χ0n) is 19.0. The third-order valence-electron chi connectivity index (χ3n) is 6.58. The molecule has 0 N–H and O–H groups in total. The molecule has 2 fully saturated rings. The SMILES string of the molecule is Cc1ccc(C(=O)N2CCC3(CC2)C(=O)N(CC(=O)N(C)C)CN3c2ccccc2)cc1. The minimum Gasteiger partial charge on any atom is -0.347 e. The molecule has 2 aromatic rings. The van der Waals surface area contributed by atoms with Gasteiger partial charge in [0.15, 0.2) is 0 Å². The molecule has 1 spiro atoms. The van der Waals surface area contributed by atoms with Gasteiger partial charge in [-0.15, -0.1) is 0 Å². The highest BCUT2D eigenvalue weighted by Crippen LogP contribution is 2.39. The summed E-state index contributed by atoms with van der Waals surface area (Å²) in [6, 6.07) is 17.4. The van der Waals surface area contributed by atoms with E-state index in [1.807, 2.05) is 66.4 Å². The Hall–Kier alpha value is -3.35.